The minimum Gasteiger partial charge on any atom is -0.427 e. The Bertz CT molecular complexity index is 641. The van der Waals surface area contributed by atoms with Gasteiger partial charge in [0.25, 0.3) is 0 Å². The molecule has 0 aliphatic carbocycles. The third kappa shape index (κ3) is 5.57. The van der Waals surface area contributed by atoms with E-state index in [2.05, 4.69) is 26.9 Å². The molecule has 1 saturated heterocycles. The maximum Gasteiger partial charge on any atom is 0.311 e. The second-order valence-electron chi connectivity index (χ2n) is 6.28. The summed E-state index contributed by atoms with van der Waals surface area (Å²) in [5.41, 5.74) is 1.25. The average Bonchev–Trinajstić information content (AvgIpc) is 2.67. The Balaban J connectivity index is 1.29. The van der Waals surface area contributed by atoms with Gasteiger partial charge in [-0.1, -0.05) is 18.2 Å². The van der Waals surface area contributed by atoms with E-state index in [0.717, 1.165) is 45.6 Å². The Morgan fingerprint density at radius 2 is 1.68 bits per heavy atom. The minimum atomic E-state index is -0.145. The molecular formula is C20H25N3O2. The highest BCUT2D eigenvalue weighted by Gasteiger charge is 2.16. The van der Waals surface area contributed by atoms with Crippen LogP contribution in [0.3, 0.4) is 0 Å². The number of benzene rings is 1. The van der Waals surface area contributed by atoms with Crippen molar-refractivity contribution >= 4 is 11.7 Å². The molecule has 0 saturated carbocycles. The standard InChI is InChI=1S/C20H25N3O2/c24-20(25-19-6-2-1-3-7-19)8-4-5-13-22-14-16-23(17-15-22)18-9-11-21-12-10-18/h1-3,6-7,9-12H,4-5,8,13-17H2. The van der Waals surface area contributed by atoms with Crippen molar-refractivity contribution < 1.29 is 9.53 Å². The van der Waals surface area contributed by atoms with Gasteiger partial charge < -0.3 is 9.64 Å². The molecule has 0 unspecified atom stereocenters. The van der Waals surface area contributed by atoms with Gasteiger partial charge in [0.2, 0.25) is 0 Å². The predicted molar refractivity (Wildman–Crippen MR) is 98.8 cm³/mol. The summed E-state index contributed by atoms with van der Waals surface area (Å²) in [6.07, 6.45) is 6.06. The van der Waals surface area contributed by atoms with Crippen molar-refractivity contribution in [3.8, 4) is 5.75 Å². The van der Waals surface area contributed by atoms with E-state index in [1.165, 1.54) is 5.69 Å². The molecule has 132 valence electrons. The fraction of sp³-hybridized carbons (Fsp3) is 0.400. The first-order chi connectivity index (χ1) is 12.3. The summed E-state index contributed by atoms with van der Waals surface area (Å²) in [4.78, 5) is 20.8. The zero-order valence-corrected chi connectivity index (χ0v) is 14.5. The SMILES string of the molecule is O=C(CCCCN1CCN(c2ccncc2)CC1)Oc1ccccc1. The summed E-state index contributed by atoms with van der Waals surface area (Å²) < 4.78 is 5.31. The summed E-state index contributed by atoms with van der Waals surface area (Å²) in [5, 5.41) is 0. The number of aromatic nitrogens is 1. The largest absolute Gasteiger partial charge is 0.427 e. The van der Waals surface area contributed by atoms with Gasteiger partial charge in [-0.3, -0.25) is 14.7 Å². The van der Waals surface area contributed by atoms with Crippen molar-refractivity contribution in [3.63, 3.8) is 0 Å². The first-order valence-corrected chi connectivity index (χ1v) is 8.94. The highest BCUT2D eigenvalue weighted by Crippen LogP contribution is 2.15. The lowest BCUT2D eigenvalue weighted by atomic mass is 10.2. The van der Waals surface area contributed by atoms with Crippen molar-refractivity contribution in [2.75, 3.05) is 37.6 Å². The number of hydrogen-bond donors (Lipinski definition) is 0. The smallest absolute Gasteiger partial charge is 0.311 e. The highest BCUT2D eigenvalue weighted by molar-refractivity contribution is 5.72. The fourth-order valence-corrected chi connectivity index (χ4v) is 3.06. The number of unbranched alkanes of at least 4 members (excludes halogenated alkanes) is 1. The third-order valence-electron chi connectivity index (χ3n) is 4.48. The van der Waals surface area contributed by atoms with Crippen LogP contribution in [-0.2, 0) is 4.79 Å². The molecule has 5 heteroatoms. The number of carbonyl (C=O) groups is 1. The molecule has 1 aromatic heterocycles. The summed E-state index contributed by atoms with van der Waals surface area (Å²) in [6, 6.07) is 13.4. The van der Waals surface area contributed by atoms with Crippen molar-refractivity contribution in [1.29, 1.82) is 0 Å². The molecule has 0 spiro atoms. The van der Waals surface area contributed by atoms with E-state index in [1.807, 2.05) is 30.6 Å². The lowest BCUT2D eigenvalue weighted by molar-refractivity contribution is -0.134. The topological polar surface area (TPSA) is 45.7 Å². The van der Waals surface area contributed by atoms with Gasteiger partial charge in [-0.15, -0.1) is 0 Å². The summed E-state index contributed by atoms with van der Waals surface area (Å²) in [7, 11) is 0. The molecule has 0 radical (unpaired) electrons. The molecular weight excluding hydrogens is 314 g/mol. The Kier molecular flexibility index (Phi) is 6.40. The van der Waals surface area contributed by atoms with E-state index >= 15 is 0 Å². The lowest BCUT2D eigenvalue weighted by Crippen LogP contribution is -2.46. The van der Waals surface area contributed by atoms with Crippen LogP contribution in [0, 0.1) is 0 Å². The molecule has 1 fully saturated rings. The Morgan fingerprint density at radius 1 is 0.960 bits per heavy atom. The first kappa shape index (κ1) is 17.4. The number of ether oxygens (including phenoxy) is 1. The van der Waals surface area contributed by atoms with Gasteiger partial charge in [0.05, 0.1) is 0 Å². The van der Waals surface area contributed by atoms with E-state index in [-0.39, 0.29) is 5.97 Å². The number of anilines is 1. The second kappa shape index (κ2) is 9.18. The van der Waals surface area contributed by atoms with Crippen molar-refractivity contribution in [2.24, 2.45) is 0 Å². The van der Waals surface area contributed by atoms with Gasteiger partial charge in [-0.25, -0.2) is 0 Å². The van der Waals surface area contributed by atoms with E-state index in [4.69, 9.17) is 4.74 Å². The maximum atomic E-state index is 11.8. The molecule has 2 aromatic rings. The molecule has 25 heavy (non-hydrogen) atoms. The normalized spacial score (nSPS) is 15.1. The van der Waals surface area contributed by atoms with Gasteiger partial charge in [-0.2, -0.15) is 0 Å². The van der Waals surface area contributed by atoms with Gasteiger partial charge in [-0.05, 0) is 43.7 Å². The lowest BCUT2D eigenvalue weighted by Gasteiger charge is -2.36. The molecule has 0 atom stereocenters. The Labute approximate surface area is 149 Å². The van der Waals surface area contributed by atoms with Gasteiger partial charge >= 0.3 is 5.97 Å². The molecule has 2 heterocycles. The number of nitrogens with zero attached hydrogens (tertiary/aromatic N) is 3. The molecule has 5 nitrogen and oxygen atoms in total. The number of carbonyl (C=O) groups excluding carboxylic acids is 1. The van der Waals surface area contributed by atoms with Gasteiger partial charge in [0, 0.05) is 50.7 Å². The molecule has 0 bridgehead atoms. The zero-order valence-electron chi connectivity index (χ0n) is 14.5. The fourth-order valence-electron chi connectivity index (χ4n) is 3.06. The molecule has 3 rings (SSSR count). The van der Waals surface area contributed by atoms with Crippen LogP contribution in [0.2, 0.25) is 0 Å². The van der Waals surface area contributed by atoms with Crippen LogP contribution < -0.4 is 9.64 Å². The predicted octanol–water partition coefficient (Wildman–Crippen LogP) is 2.98. The molecule has 0 amide bonds. The summed E-state index contributed by atoms with van der Waals surface area (Å²) in [6.45, 7) is 5.26. The molecule has 1 aromatic carbocycles. The first-order valence-electron chi connectivity index (χ1n) is 8.94. The third-order valence-corrected chi connectivity index (χ3v) is 4.48. The van der Waals surface area contributed by atoms with Crippen molar-refractivity contribution in [3.05, 3.63) is 54.9 Å². The molecule has 0 N–H and O–H groups in total. The van der Waals surface area contributed by atoms with Crippen molar-refractivity contribution in [2.45, 2.75) is 19.3 Å². The van der Waals surface area contributed by atoms with E-state index in [1.54, 1.807) is 12.1 Å². The second-order valence-corrected chi connectivity index (χ2v) is 6.28. The number of piperazine rings is 1. The zero-order chi connectivity index (χ0) is 17.3. The Hall–Kier alpha value is -2.40. The minimum absolute atomic E-state index is 0.145. The molecule has 1 aliphatic heterocycles. The number of esters is 1. The molecule has 1 aliphatic rings. The van der Waals surface area contributed by atoms with Crippen LogP contribution in [0.25, 0.3) is 0 Å². The quantitative estimate of drug-likeness (QED) is 0.441. The number of pyridine rings is 1. The van der Waals surface area contributed by atoms with Gasteiger partial charge in [0.1, 0.15) is 5.75 Å². The van der Waals surface area contributed by atoms with E-state index in [9.17, 15) is 4.79 Å². The van der Waals surface area contributed by atoms with Crippen LogP contribution in [0.15, 0.2) is 54.9 Å². The number of hydrogen-bond acceptors (Lipinski definition) is 5. The van der Waals surface area contributed by atoms with E-state index < -0.39 is 0 Å². The average molecular weight is 339 g/mol. The van der Waals surface area contributed by atoms with Crippen LogP contribution in [-0.4, -0.2) is 48.6 Å². The van der Waals surface area contributed by atoms with Gasteiger partial charge in [0.15, 0.2) is 0 Å². The summed E-state index contributed by atoms with van der Waals surface area (Å²) >= 11 is 0. The highest BCUT2D eigenvalue weighted by atomic mass is 16.5. The monoisotopic (exact) mass is 339 g/mol. The number of rotatable bonds is 7. The Morgan fingerprint density at radius 3 is 2.40 bits per heavy atom. The van der Waals surface area contributed by atoms with Crippen molar-refractivity contribution in [1.82, 2.24) is 9.88 Å². The summed E-state index contributed by atoms with van der Waals surface area (Å²) in [5.74, 6) is 0.480. The van der Waals surface area contributed by atoms with E-state index in [0.29, 0.717) is 12.2 Å². The number of para-hydroxylation sites is 1. The van der Waals surface area contributed by atoms with Crippen LogP contribution in [0.1, 0.15) is 19.3 Å². The van der Waals surface area contributed by atoms with Crippen LogP contribution in [0.4, 0.5) is 5.69 Å². The van der Waals surface area contributed by atoms with Crippen LogP contribution in [0.5, 0.6) is 5.75 Å². The van der Waals surface area contributed by atoms with Crippen LogP contribution >= 0.6 is 0 Å². The maximum absolute atomic E-state index is 11.8.